The number of nitrogens with zero attached hydrogens (tertiary/aromatic N) is 3. The molecule has 0 aliphatic carbocycles. The van der Waals surface area contributed by atoms with Crippen molar-refractivity contribution in [2.75, 3.05) is 31.1 Å². The van der Waals surface area contributed by atoms with Crippen molar-refractivity contribution in [3.63, 3.8) is 0 Å². The lowest BCUT2D eigenvalue weighted by Gasteiger charge is -2.36. The summed E-state index contributed by atoms with van der Waals surface area (Å²) in [6, 6.07) is 8.51. The Morgan fingerprint density at radius 3 is 2.26 bits per heavy atom. The fourth-order valence-electron chi connectivity index (χ4n) is 3.92. The smallest absolute Gasteiger partial charge is 0.367 e. The molecular formula is C21H16Cl2F3N3O4S. The number of carbonyl (C=O) groups is 2. The van der Waals surface area contributed by atoms with Crippen molar-refractivity contribution in [2.24, 2.45) is 0 Å². The Balaban J connectivity index is 1.79. The van der Waals surface area contributed by atoms with Crippen LogP contribution < -0.4 is 4.90 Å². The lowest BCUT2D eigenvalue weighted by atomic mass is 10.1. The summed E-state index contributed by atoms with van der Waals surface area (Å²) in [6.07, 6.45) is -3.31. The Morgan fingerprint density at radius 2 is 1.68 bits per heavy atom. The standard InChI is InChI=1S/C21H16Cl2F3N3O4S/c22-14-2-1-3-16(8-14)34(32,33)29-11-13(12-30)19-17(9-15(23)10-18(19)29)27-4-6-28(7-5-27)20(31)21(24,25)26/h1-3,8-12H,4-7H2. The molecule has 13 heteroatoms. The molecule has 1 amide bonds. The van der Waals surface area contributed by atoms with E-state index in [1.807, 2.05) is 0 Å². The van der Waals surface area contributed by atoms with E-state index in [4.69, 9.17) is 23.2 Å². The third-order valence-electron chi connectivity index (χ3n) is 5.47. The first-order chi connectivity index (χ1) is 15.9. The molecular weight excluding hydrogens is 518 g/mol. The van der Waals surface area contributed by atoms with E-state index in [9.17, 15) is 31.2 Å². The van der Waals surface area contributed by atoms with Gasteiger partial charge < -0.3 is 9.80 Å². The summed E-state index contributed by atoms with van der Waals surface area (Å²) in [5, 5.41) is 0.646. The van der Waals surface area contributed by atoms with E-state index in [2.05, 4.69) is 0 Å². The minimum absolute atomic E-state index is 0.0295. The number of alkyl halides is 3. The molecule has 1 saturated heterocycles. The summed E-state index contributed by atoms with van der Waals surface area (Å²) >= 11 is 12.2. The number of aromatic nitrogens is 1. The van der Waals surface area contributed by atoms with Gasteiger partial charge in [0, 0.05) is 59.1 Å². The molecule has 1 aliphatic rings. The van der Waals surface area contributed by atoms with E-state index in [0.29, 0.717) is 16.9 Å². The van der Waals surface area contributed by atoms with Gasteiger partial charge in [-0.15, -0.1) is 0 Å². The average Bonchev–Trinajstić information content (AvgIpc) is 3.17. The van der Waals surface area contributed by atoms with Crippen LogP contribution in [0.1, 0.15) is 10.4 Å². The fourth-order valence-corrected chi connectivity index (χ4v) is 5.79. The molecule has 0 atom stereocenters. The number of hydrogen-bond donors (Lipinski definition) is 0. The van der Waals surface area contributed by atoms with Crippen LogP contribution in [0.15, 0.2) is 47.5 Å². The Bertz CT molecular complexity index is 1400. The zero-order valence-electron chi connectivity index (χ0n) is 17.2. The van der Waals surface area contributed by atoms with E-state index < -0.39 is 22.1 Å². The average molecular weight is 534 g/mol. The second kappa shape index (κ2) is 8.79. The van der Waals surface area contributed by atoms with Gasteiger partial charge in [-0.3, -0.25) is 9.59 Å². The van der Waals surface area contributed by atoms with Crippen molar-refractivity contribution in [3.05, 3.63) is 58.2 Å². The van der Waals surface area contributed by atoms with E-state index >= 15 is 0 Å². The summed E-state index contributed by atoms with van der Waals surface area (Å²) in [5.41, 5.74) is 0.559. The van der Waals surface area contributed by atoms with Crippen molar-refractivity contribution in [1.82, 2.24) is 8.87 Å². The van der Waals surface area contributed by atoms with Crippen molar-refractivity contribution in [3.8, 4) is 0 Å². The molecule has 0 unspecified atom stereocenters. The summed E-state index contributed by atoms with van der Waals surface area (Å²) in [5.74, 6) is -1.92. The predicted octanol–water partition coefficient (Wildman–Crippen LogP) is 4.21. The molecule has 2 heterocycles. The number of halogens is 5. The van der Waals surface area contributed by atoms with Crippen LogP contribution in [0.4, 0.5) is 18.9 Å². The molecule has 2 aromatic carbocycles. The van der Waals surface area contributed by atoms with Crippen molar-refractivity contribution in [1.29, 1.82) is 0 Å². The third kappa shape index (κ3) is 4.35. The number of piperazine rings is 1. The lowest BCUT2D eigenvalue weighted by Crippen LogP contribution is -2.52. The molecule has 4 rings (SSSR count). The molecule has 1 aliphatic heterocycles. The van der Waals surface area contributed by atoms with Crippen LogP contribution in [-0.2, 0) is 14.8 Å². The van der Waals surface area contributed by atoms with Gasteiger partial charge in [-0.25, -0.2) is 12.4 Å². The molecule has 0 saturated carbocycles. The highest BCUT2D eigenvalue weighted by atomic mass is 35.5. The van der Waals surface area contributed by atoms with Gasteiger partial charge in [0.25, 0.3) is 10.0 Å². The van der Waals surface area contributed by atoms with E-state index in [1.54, 1.807) is 4.90 Å². The highest BCUT2D eigenvalue weighted by molar-refractivity contribution is 7.90. The molecule has 1 fully saturated rings. The van der Waals surface area contributed by atoms with Gasteiger partial charge >= 0.3 is 12.1 Å². The topological polar surface area (TPSA) is 79.7 Å². The first kappa shape index (κ1) is 24.4. The van der Waals surface area contributed by atoms with Gasteiger partial charge in [-0.2, -0.15) is 13.2 Å². The summed E-state index contributed by atoms with van der Waals surface area (Å²) in [6.45, 7) is -0.349. The Hall–Kier alpha value is -2.76. The van der Waals surface area contributed by atoms with Crippen LogP contribution in [0.2, 0.25) is 10.0 Å². The summed E-state index contributed by atoms with van der Waals surface area (Å²) in [7, 11) is -4.16. The van der Waals surface area contributed by atoms with Crippen molar-refractivity contribution >= 4 is 62.0 Å². The Morgan fingerprint density at radius 1 is 1.00 bits per heavy atom. The van der Waals surface area contributed by atoms with Gasteiger partial charge in [0.05, 0.1) is 10.4 Å². The molecule has 0 N–H and O–H groups in total. The van der Waals surface area contributed by atoms with Crippen LogP contribution >= 0.6 is 23.2 Å². The second-order valence-corrected chi connectivity index (χ2v) is 10.2. The zero-order valence-corrected chi connectivity index (χ0v) is 19.5. The number of carbonyl (C=O) groups excluding carboxylic acids is 2. The van der Waals surface area contributed by atoms with Crippen molar-refractivity contribution in [2.45, 2.75) is 11.1 Å². The molecule has 7 nitrogen and oxygen atoms in total. The zero-order chi connectivity index (χ0) is 24.8. The van der Waals surface area contributed by atoms with Crippen LogP contribution in [0, 0.1) is 0 Å². The van der Waals surface area contributed by atoms with E-state index in [0.717, 1.165) is 10.2 Å². The van der Waals surface area contributed by atoms with Crippen LogP contribution in [0.25, 0.3) is 10.9 Å². The first-order valence-corrected chi connectivity index (χ1v) is 12.0. The maximum absolute atomic E-state index is 13.3. The van der Waals surface area contributed by atoms with E-state index in [-0.39, 0.29) is 57.6 Å². The predicted molar refractivity (Wildman–Crippen MR) is 121 cm³/mol. The maximum Gasteiger partial charge on any atom is 0.471 e. The molecule has 3 aromatic rings. The molecule has 1 aromatic heterocycles. The van der Waals surface area contributed by atoms with Gasteiger partial charge in [0.15, 0.2) is 6.29 Å². The highest BCUT2D eigenvalue weighted by Crippen LogP contribution is 2.37. The van der Waals surface area contributed by atoms with Crippen LogP contribution in [-0.4, -0.2) is 61.8 Å². The minimum Gasteiger partial charge on any atom is -0.367 e. The number of anilines is 1. The normalized spacial score (nSPS) is 15.1. The Labute approximate surface area is 202 Å². The second-order valence-electron chi connectivity index (χ2n) is 7.56. The number of rotatable bonds is 4. The quantitative estimate of drug-likeness (QED) is 0.469. The first-order valence-electron chi connectivity index (χ1n) is 9.85. The fraction of sp³-hybridized carbons (Fsp3) is 0.238. The van der Waals surface area contributed by atoms with Gasteiger partial charge in [0.1, 0.15) is 0 Å². The van der Waals surface area contributed by atoms with Gasteiger partial charge in [0.2, 0.25) is 0 Å². The third-order valence-corrected chi connectivity index (χ3v) is 7.60. The minimum atomic E-state index is -4.97. The molecule has 0 spiro atoms. The highest BCUT2D eigenvalue weighted by Gasteiger charge is 2.43. The number of amides is 1. The number of fused-ring (bicyclic) bond motifs is 1. The molecule has 0 bridgehead atoms. The van der Waals surface area contributed by atoms with Gasteiger partial charge in [-0.1, -0.05) is 29.3 Å². The molecule has 180 valence electrons. The molecule has 0 radical (unpaired) electrons. The number of hydrogen-bond acceptors (Lipinski definition) is 5. The number of aldehydes is 1. The summed E-state index contributed by atoms with van der Waals surface area (Å²) < 4.78 is 65.9. The van der Waals surface area contributed by atoms with Crippen molar-refractivity contribution < 1.29 is 31.2 Å². The maximum atomic E-state index is 13.3. The van der Waals surface area contributed by atoms with E-state index in [1.165, 1.54) is 36.4 Å². The monoisotopic (exact) mass is 533 g/mol. The van der Waals surface area contributed by atoms with Crippen LogP contribution in [0.3, 0.4) is 0 Å². The van der Waals surface area contributed by atoms with Gasteiger partial charge in [-0.05, 0) is 30.3 Å². The largest absolute Gasteiger partial charge is 0.471 e. The number of benzene rings is 2. The SMILES string of the molecule is O=Cc1cn(S(=O)(=O)c2cccc(Cl)c2)c2cc(Cl)cc(N3CCN(C(=O)C(F)(F)F)CC3)c12. The Kier molecular flexibility index (Phi) is 6.30. The molecule has 34 heavy (non-hydrogen) atoms. The summed E-state index contributed by atoms with van der Waals surface area (Å²) in [4.78, 5) is 25.7. The van der Waals surface area contributed by atoms with Crippen LogP contribution in [0.5, 0.6) is 0 Å². The lowest BCUT2D eigenvalue weighted by molar-refractivity contribution is -0.185.